The van der Waals surface area contributed by atoms with Gasteiger partial charge in [0.1, 0.15) is 11.5 Å². The summed E-state index contributed by atoms with van der Waals surface area (Å²) in [4.78, 5) is 23.2. The minimum atomic E-state index is -0.398. The highest BCUT2D eigenvalue weighted by Gasteiger charge is 2.06. The molecule has 0 spiro atoms. The van der Waals surface area contributed by atoms with E-state index in [1.165, 1.54) is 13.1 Å². The highest BCUT2D eigenvalue weighted by molar-refractivity contribution is 5.97. The summed E-state index contributed by atoms with van der Waals surface area (Å²) in [5.74, 6) is 0.647. The van der Waals surface area contributed by atoms with Crippen LogP contribution >= 0.6 is 0 Å². The molecule has 2 rings (SSSR count). The molecule has 0 atom stereocenters. The third kappa shape index (κ3) is 5.07. The number of nitrogens with zero attached hydrogens (tertiary/aromatic N) is 1. The second-order valence-corrected chi connectivity index (χ2v) is 5.07. The Bertz CT molecular complexity index is 803. The number of benzene rings is 2. The second kappa shape index (κ2) is 8.49. The van der Waals surface area contributed by atoms with Gasteiger partial charge in [-0.3, -0.25) is 9.59 Å². The lowest BCUT2D eigenvalue weighted by Gasteiger charge is -2.07. The van der Waals surface area contributed by atoms with Gasteiger partial charge in [0, 0.05) is 23.7 Å². The van der Waals surface area contributed by atoms with Gasteiger partial charge in [-0.2, -0.15) is 5.10 Å². The summed E-state index contributed by atoms with van der Waals surface area (Å²) in [7, 11) is 3.11. The fraction of sp³-hybridized carbons (Fsp3) is 0.167. The van der Waals surface area contributed by atoms with Gasteiger partial charge in [-0.1, -0.05) is 6.07 Å². The molecule has 0 heterocycles. The van der Waals surface area contributed by atoms with Crippen LogP contribution in [-0.4, -0.2) is 32.2 Å². The minimum Gasteiger partial charge on any atom is -0.497 e. The number of hydrogen-bond donors (Lipinski definition) is 2. The highest BCUT2D eigenvalue weighted by atomic mass is 16.5. The SMILES string of the molecule is COc1ccc(OC)c(/C=N\NC(=O)c2cccc(NC(C)=O)c2)c1. The van der Waals surface area contributed by atoms with Crippen LogP contribution in [0.25, 0.3) is 0 Å². The van der Waals surface area contributed by atoms with Crippen LogP contribution in [0.4, 0.5) is 5.69 Å². The fourth-order valence-electron chi connectivity index (χ4n) is 2.11. The van der Waals surface area contributed by atoms with E-state index < -0.39 is 5.91 Å². The maximum atomic E-state index is 12.2. The molecule has 0 aliphatic rings. The van der Waals surface area contributed by atoms with Crippen LogP contribution in [0.15, 0.2) is 47.6 Å². The summed E-state index contributed by atoms with van der Waals surface area (Å²) >= 11 is 0. The predicted molar refractivity (Wildman–Crippen MR) is 95.4 cm³/mol. The van der Waals surface area contributed by atoms with Gasteiger partial charge in [-0.15, -0.1) is 0 Å². The summed E-state index contributed by atoms with van der Waals surface area (Å²) in [6.45, 7) is 1.40. The monoisotopic (exact) mass is 341 g/mol. The lowest BCUT2D eigenvalue weighted by Crippen LogP contribution is -2.18. The first-order valence-electron chi connectivity index (χ1n) is 7.46. The molecule has 2 N–H and O–H groups in total. The molecule has 0 aromatic heterocycles. The molecule has 0 radical (unpaired) electrons. The maximum absolute atomic E-state index is 12.2. The maximum Gasteiger partial charge on any atom is 0.271 e. The molecule has 0 unspecified atom stereocenters. The molecular formula is C18H19N3O4. The Hall–Kier alpha value is -3.35. The van der Waals surface area contributed by atoms with Crippen LogP contribution in [0, 0.1) is 0 Å². The molecule has 7 heteroatoms. The Balaban J connectivity index is 2.09. The van der Waals surface area contributed by atoms with Gasteiger partial charge in [0.2, 0.25) is 5.91 Å². The molecule has 2 aromatic rings. The topological polar surface area (TPSA) is 89.0 Å². The van der Waals surface area contributed by atoms with Crippen LogP contribution in [0.2, 0.25) is 0 Å². The standard InChI is InChI=1S/C18H19N3O4/c1-12(22)20-15-6-4-5-13(9-15)18(23)21-19-11-14-10-16(24-2)7-8-17(14)25-3/h4-11H,1-3H3,(H,20,22)(H,21,23)/b19-11-. The summed E-state index contributed by atoms with van der Waals surface area (Å²) in [5.41, 5.74) is 4.02. The fourth-order valence-corrected chi connectivity index (χ4v) is 2.11. The molecule has 0 bridgehead atoms. The lowest BCUT2D eigenvalue weighted by atomic mass is 10.2. The summed E-state index contributed by atoms with van der Waals surface area (Å²) in [6.07, 6.45) is 1.47. The van der Waals surface area contributed by atoms with Crippen molar-refractivity contribution in [3.63, 3.8) is 0 Å². The number of hydrazone groups is 1. The van der Waals surface area contributed by atoms with E-state index in [2.05, 4.69) is 15.8 Å². The van der Waals surface area contributed by atoms with Crippen molar-refractivity contribution in [2.24, 2.45) is 5.10 Å². The lowest BCUT2D eigenvalue weighted by molar-refractivity contribution is -0.114. The van der Waals surface area contributed by atoms with Gasteiger partial charge >= 0.3 is 0 Å². The molecule has 25 heavy (non-hydrogen) atoms. The first kappa shape index (κ1) is 18.0. The van der Waals surface area contributed by atoms with Gasteiger partial charge in [0.25, 0.3) is 5.91 Å². The van der Waals surface area contributed by atoms with Crippen molar-refractivity contribution in [3.8, 4) is 11.5 Å². The van der Waals surface area contributed by atoms with Crippen LogP contribution in [0.3, 0.4) is 0 Å². The van der Waals surface area contributed by atoms with E-state index in [1.54, 1.807) is 56.7 Å². The van der Waals surface area contributed by atoms with Crippen LogP contribution in [0.5, 0.6) is 11.5 Å². The number of carbonyl (C=O) groups excluding carboxylic acids is 2. The van der Waals surface area contributed by atoms with Crippen LogP contribution < -0.4 is 20.2 Å². The largest absolute Gasteiger partial charge is 0.497 e. The average Bonchev–Trinajstić information content (AvgIpc) is 2.61. The van der Waals surface area contributed by atoms with E-state index >= 15 is 0 Å². The van der Waals surface area contributed by atoms with Gasteiger partial charge in [-0.25, -0.2) is 5.43 Å². The molecule has 2 amide bonds. The molecule has 0 saturated heterocycles. The van der Waals surface area contributed by atoms with E-state index in [-0.39, 0.29) is 5.91 Å². The number of ether oxygens (including phenoxy) is 2. The average molecular weight is 341 g/mol. The van der Waals surface area contributed by atoms with E-state index in [0.29, 0.717) is 28.3 Å². The molecule has 0 fully saturated rings. The van der Waals surface area contributed by atoms with Gasteiger partial charge in [0.15, 0.2) is 0 Å². The van der Waals surface area contributed by atoms with E-state index in [4.69, 9.17) is 9.47 Å². The smallest absolute Gasteiger partial charge is 0.271 e. The number of methoxy groups -OCH3 is 2. The third-order valence-electron chi connectivity index (χ3n) is 3.25. The van der Waals surface area contributed by atoms with E-state index in [9.17, 15) is 9.59 Å². The summed E-state index contributed by atoms with van der Waals surface area (Å²) < 4.78 is 10.4. The predicted octanol–water partition coefficient (Wildman–Crippen LogP) is 2.43. The number of rotatable bonds is 6. The molecule has 130 valence electrons. The number of hydrogen-bond acceptors (Lipinski definition) is 5. The molecule has 2 aromatic carbocycles. The van der Waals surface area contributed by atoms with Gasteiger partial charge in [-0.05, 0) is 36.4 Å². The Kier molecular flexibility index (Phi) is 6.11. The molecule has 0 aliphatic carbocycles. The normalized spacial score (nSPS) is 10.4. The third-order valence-corrected chi connectivity index (χ3v) is 3.25. The number of nitrogens with one attached hydrogen (secondary N) is 2. The van der Waals surface area contributed by atoms with Gasteiger partial charge in [0.05, 0.1) is 20.4 Å². The minimum absolute atomic E-state index is 0.208. The van der Waals surface area contributed by atoms with Crippen LogP contribution in [0.1, 0.15) is 22.8 Å². The summed E-state index contributed by atoms with van der Waals surface area (Å²) in [6, 6.07) is 11.8. The zero-order chi connectivity index (χ0) is 18.2. The number of carbonyl (C=O) groups is 2. The molecule has 7 nitrogen and oxygen atoms in total. The zero-order valence-corrected chi connectivity index (χ0v) is 14.2. The van der Waals surface area contributed by atoms with Crippen molar-refractivity contribution in [1.29, 1.82) is 0 Å². The van der Waals surface area contributed by atoms with Crippen LogP contribution in [-0.2, 0) is 4.79 Å². The Morgan fingerprint density at radius 3 is 2.56 bits per heavy atom. The van der Waals surface area contributed by atoms with E-state index in [1.807, 2.05) is 0 Å². The Morgan fingerprint density at radius 2 is 1.88 bits per heavy atom. The summed E-state index contributed by atoms with van der Waals surface area (Å²) in [5, 5.41) is 6.57. The van der Waals surface area contributed by atoms with Crippen molar-refractivity contribution in [1.82, 2.24) is 5.43 Å². The van der Waals surface area contributed by atoms with Gasteiger partial charge < -0.3 is 14.8 Å². The van der Waals surface area contributed by atoms with E-state index in [0.717, 1.165) is 0 Å². The highest BCUT2D eigenvalue weighted by Crippen LogP contribution is 2.22. The molecule has 0 saturated carbocycles. The Labute approximate surface area is 145 Å². The Morgan fingerprint density at radius 1 is 1.08 bits per heavy atom. The van der Waals surface area contributed by atoms with Crippen molar-refractivity contribution in [2.45, 2.75) is 6.92 Å². The number of amides is 2. The quantitative estimate of drug-likeness (QED) is 0.624. The zero-order valence-electron chi connectivity index (χ0n) is 14.2. The second-order valence-electron chi connectivity index (χ2n) is 5.07. The van der Waals surface area contributed by atoms with Crippen molar-refractivity contribution in [2.75, 3.05) is 19.5 Å². The first-order chi connectivity index (χ1) is 12.0. The van der Waals surface area contributed by atoms with Crippen molar-refractivity contribution in [3.05, 3.63) is 53.6 Å². The first-order valence-corrected chi connectivity index (χ1v) is 7.46. The van der Waals surface area contributed by atoms with Crippen molar-refractivity contribution >= 4 is 23.7 Å². The molecular weight excluding hydrogens is 322 g/mol. The number of anilines is 1. The molecule has 0 aliphatic heterocycles. The van der Waals surface area contributed by atoms with Crippen molar-refractivity contribution < 1.29 is 19.1 Å².